The summed E-state index contributed by atoms with van der Waals surface area (Å²) in [6.45, 7) is 7.50. The molecule has 3 heteroatoms. The summed E-state index contributed by atoms with van der Waals surface area (Å²) in [5, 5.41) is 8.91. The first-order chi connectivity index (χ1) is 8.33. The van der Waals surface area contributed by atoms with Crippen LogP contribution >= 0.6 is 0 Å². The maximum absolute atomic E-state index is 8.91. The lowest BCUT2D eigenvalue weighted by atomic mass is 10.1. The number of aliphatic hydroxyl groups excluding tert-OH is 1. The average Bonchev–Trinajstić information content (AvgIpc) is 2.40. The highest BCUT2D eigenvalue weighted by atomic mass is 16.3. The van der Waals surface area contributed by atoms with Gasteiger partial charge in [0.25, 0.3) is 0 Å². The molecule has 1 aliphatic rings. The number of aryl methyl sites for hydroxylation is 1. The highest BCUT2D eigenvalue weighted by molar-refractivity contribution is 5.49. The molecule has 0 saturated carbocycles. The smallest absolute Gasteiger partial charge is 0.0558 e. The van der Waals surface area contributed by atoms with Crippen molar-refractivity contribution >= 4 is 5.69 Å². The van der Waals surface area contributed by atoms with Crippen LogP contribution in [0.2, 0.25) is 0 Å². The fourth-order valence-electron chi connectivity index (χ4n) is 2.34. The Labute approximate surface area is 104 Å². The zero-order chi connectivity index (χ0) is 12.1. The summed E-state index contributed by atoms with van der Waals surface area (Å²) in [6, 6.07) is 8.82. The van der Waals surface area contributed by atoms with Gasteiger partial charge in [-0.2, -0.15) is 0 Å². The number of anilines is 1. The minimum atomic E-state index is 0.269. The lowest BCUT2D eigenvalue weighted by molar-refractivity contribution is 0.189. The van der Waals surface area contributed by atoms with E-state index in [4.69, 9.17) is 5.11 Å². The Balaban J connectivity index is 1.95. The van der Waals surface area contributed by atoms with Gasteiger partial charge in [-0.3, -0.25) is 4.90 Å². The third kappa shape index (κ3) is 3.20. The van der Waals surface area contributed by atoms with Crippen molar-refractivity contribution in [1.82, 2.24) is 4.90 Å². The van der Waals surface area contributed by atoms with Crippen LogP contribution in [0.15, 0.2) is 24.3 Å². The molecule has 1 saturated heterocycles. The fourth-order valence-corrected chi connectivity index (χ4v) is 2.34. The van der Waals surface area contributed by atoms with Crippen molar-refractivity contribution in [1.29, 1.82) is 0 Å². The Kier molecular flexibility index (Phi) is 4.40. The van der Waals surface area contributed by atoms with Gasteiger partial charge in [0.2, 0.25) is 0 Å². The third-order valence-corrected chi connectivity index (χ3v) is 3.47. The topological polar surface area (TPSA) is 26.7 Å². The average molecular weight is 234 g/mol. The van der Waals surface area contributed by atoms with E-state index in [-0.39, 0.29) is 6.61 Å². The summed E-state index contributed by atoms with van der Waals surface area (Å²) in [5.41, 5.74) is 2.74. The van der Waals surface area contributed by atoms with Gasteiger partial charge in [0.15, 0.2) is 0 Å². The lowest BCUT2D eigenvalue weighted by Gasteiger charge is -2.36. The molecule has 1 fully saturated rings. The van der Waals surface area contributed by atoms with Crippen LogP contribution in [-0.2, 0) is 6.42 Å². The summed E-state index contributed by atoms with van der Waals surface area (Å²) in [7, 11) is 0. The predicted octanol–water partition coefficient (Wildman–Crippen LogP) is 1.36. The van der Waals surface area contributed by atoms with Gasteiger partial charge >= 0.3 is 0 Å². The van der Waals surface area contributed by atoms with Crippen molar-refractivity contribution in [3.8, 4) is 0 Å². The standard InChI is InChI=1S/C14H22N2O/c1-2-13-4-3-5-14(12-13)16-8-6-15(7-9-16)10-11-17/h3-5,12,17H,2,6-11H2,1H3. The molecule has 94 valence electrons. The molecule has 0 atom stereocenters. The van der Waals surface area contributed by atoms with Gasteiger partial charge in [-0.15, -0.1) is 0 Å². The van der Waals surface area contributed by atoms with E-state index in [1.165, 1.54) is 11.3 Å². The van der Waals surface area contributed by atoms with Crippen molar-refractivity contribution < 1.29 is 5.11 Å². The maximum Gasteiger partial charge on any atom is 0.0558 e. The van der Waals surface area contributed by atoms with E-state index in [9.17, 15) is 0 Å². The summed E-state index contributed by atoms with van der Waals surface area (Å²) >= 11 is 0. The molecule has 17 heavy (non-hydrogen) atoms. The van der Waals surface area contributed by atoms with E-state index in [0.29, 0.717) is 0 Å². The summed E-state index contributed by atoms with van der Waals surface area (Å²) in [6.07, 6.45) is 1.10. The molecule has 0 spiro atoms. The minimum absolute atomic E-state index is 0.269. The molecule has 1 aromatic carbocycles. The van der Waals surface area contributed by atoms with Gasteiger partial charge in [0, 0.05) is 38.4 Å². The van der Waals surface area contributed by atoms with Crippen molar-refractivity contribution in [2.75, 3.05) is 44.2 Å². The summed E-state index contributed by atoms with van der Waals surface area (Å²) < 4.78 is 0. The van der Waals surface area contributed by atoms with Crippen LogP contribution in [0.1, 0.15) is 12.5 Å². The normalized spacial score (nSPS) is 17.4. The Bertz CT molecular complexity index is 346. The van der Waals surface area contributed by atoms with Gasteiger partial charge in [0.05, 0.1) is 6.61 Å². The van der Waals surface area contributed by atoms with Crippen molar-refractivity contribution in [2.45, 2.75) is 13.3 Å². The summed E-state index contributed by atoms with van der Waals surface area (Å²) in [4.78, 5) is 4.76. The molecule has 0 aliphatic carbocycles. The first kappa shape index (κ1) is 12.4. The number of hydrogen-bond donors (Lipinski definition) is 1. The molecule has 1 heterocycles. The van der Waals surface area contributed by atoms with Gasteiger partial charge in [-0.05, 0) is 24.1 Å². The first-order valence-corrected chi connectivity index (χ1v) is 6.50. The molecule has 0 aromatic heterocycles. The number of piperazine rings is 1. The van der Waals surface area contributed by atoms with Gasteiger partial charge in [-0.1, -0.05) is 19.1 Å². The largest absolute Gasteiger partial charge is 0.395 e. The maximum atomic E-state index is 8.91. The quantitative estimate of drug-likeness (QED) is 0.852. The molecule has 0 bridgehead atoms. The van der Waals surface area contributed by atoms with E-state index in [1.807, 2.05) is 0 Å². The van der Waals surface area contributed by atoms with E-state index in [0.717, 1.165) is 39.1 Å². The van der Waals surface area contributed by atoms with Crippen LogP contribution in [0, 0.1) is 0 Å². The molecule has 0 amide bonds. The molecule has 0 radical (unpaired) electrons. The molecular formula is C14H22N2O. The van der Waals surface area contributed by atoms with Crippen LogP contribution in [0.4, 0.5) is 5.69 Å². The monoisotopic (exact) mass is 234 g/mol. The SMILES string of the molecule is CCc1cccc(N2CCN(CCO)CC2)c1. The second kappa shape index (κ2) is 6.03. The first-order valence-electron chi connectivity index (χ1n) is 6.50. The van der Waals surface area contributed by atoms with E-state index in [2.05, 4.69) is 41.0 Å². The number of hydrogen-bond acceptors (Lipinski definition) is 3. The Morgan fingerprint density at radius 3 is 2.59 bits per heavy atom. The Hall–Kier alpha value is -1.06. The van der Waals surface area contributed by atoms with E-state index < -0.39 is 0 Å². The number of rotatable bonds is 4. The van der Waals surface area contributed by atoms with Crippen LogP contribution in [0.5, 0.6) is 0 Å². The van der Waals surface area contributed by atoms with Crippen molar-refractivity contribution in [3.05, 3.63) is 29.8 Å². The van der Waals surface area contributed by atoms with Crippen LogP contribution in [0.3, 0.4) is 0 Å². The van der Waals surface area contributed by atoms with Crippen LogP contribution in [-0.4, -0.2) is 49.3 Å². The lowest BCUT2D eigenvalue weighted by Crippen LogP contribution is -2.47. The molecule has 1 aliphatic heterocycles. The third-order valence-electron chi connectivity index (χ3n) is 3.47. The second-order valence-electron chi connectivity index (χ2n) is 4.58. The fraction of sp³-hybridized carbons (Fsp3) is 0.571. The second-order valence-corrected chi connectivity index (χ2v) is 4.58. The highest BCUT2D eigenvalue weighted by Crippen LogP contribution is 2.18. The number of β-amino-alcohol motifs (C(OH)–C–C–N with tert-alkyl or cyclic N) is 1. The summed E-state index contributed by atoms with van der Waals surface area (Å²) in [5.74, 6) is 0. The molecular weight excluding hydrogens is 212 g/mol. The highest BCUT2D eigenvalue weighted by Gasteiger charge is 2.16. The van der Waals surface area contributed by atoms with Crippen LogP contribution < -0.4 is 4.90 Å². The number of benzene rings is 1. The minimum Gasteiger partial charge on any atom is -0.395 e. The molecule has 2 rings (SSSR count). The zero-order valence-corrected chi connectivity index (χ0v) is 10.6. The van der Waals surface area contributed by atoms with Gasteiger partial charge in [0.1, 0.15) is 0 Å². The van der Waals surface area contributed by atoms with E-state index >= 15 is 0 Å². The van der Waals surface area contributed by atoms with Gasteiger partial charge in [-0.25, -0.2) is 0 Å². The molecule has 3 nitrogen and oxygen atoms in total. The van der Waals surface area contributed by atoms with Crippen molar-refractivity contribution in [3.63, 3.8) is 0 Å². The van der Waals surface area contributed by atoms with Crippen molar-refractivity contribution in [2.24, 2.45) is 0 Å². The number of nitrogens with zero attached hydrogens (tertiary/aromatic N) is 2. The molecule has 0 unspecified atom stereocenters. The Morgan fingerprint density at radius 2 is 1.94 bits per heavy atom. The zero-order valence-electron chi connectivity index (χ0n) is 10.6. The molecule has 1 N–H and O–H groups in total. The Morgan fingerprint density at radius 1 is 1.18 bits per heavy atom. The van der Waals surface area contributed by atoms with Gasteiger partial charge < -0.3 is 10.0 Å². The van der Waals surface area contributed by atoms with E-state index in [1.54, 1.807) is 0 Å². The number of aliphatic hydroxyl groups is 1. The van der Waals surface area contributed by atoms with Crippen LogP contribution in [0.25, 0.3) is 0 Å². The molecule has 1 aromatic rings. The predicted molar refractivity (Wildman–Crippen MR) is 71.6 cm³/mol.